The van der Waals surface area contributed by atoms with Crippen molar-refractivity contribution in [3.05, 3.63) is 59.6 Å². The Morgan fingerprint density at radius 1 is 1.37 bits per heavy atom. The van der Waals surface area contributed by atoms with Crippen LogP contribution in [0, 0.1) is 10.6 Å². The number of thiophene rings is 1. The number of rotatable bonds is 5. The predicted molar refractivity (Wildman–Crippen MR) is 110 cm³/mol. The lowest BCUT2D eigenvalue weighted by molar-refractivity contribution is -0.143. The molecule has 3 aromatic rings. The van der Waals surface area contributed by atoms with Crippen LogP contribution in [0.3, 0.4) is 0 Å². The van der Waals surface area contributed by atoms with Gasteiger partial charge in [-0.15, -0.1) is 11.3 Å². The number of aromatic nitrogens is 2. The smallest absolute Gasteiger partial charge is 0.326 e. The number of esters is 1. The average molecular weight is 492 g/mol. The molecule has 3 rings (SSSR count). The Morgan fingerprint density at radius 2 is 2.11 bits per heavy atom. The topological polar surface area (TPSA) is 53.2 Å². The van der Waals surface area contributed by atoms with E-state index < -0.39 is 11.8 Å². The van der Waals surface area contributed by atoms with Crippen LogP contribution in [0.25, 0.3) is 10.2 Å². The Labute approximate surface area is 176 Å². The number of benzene rings is 1. The largest absolute Gasteiger partial charge is 0.465 e. The maximum absolute atomic E-state index is 14.2. The van der Waals surface area contributed by atoms with Crippen LogP contribution in [0.4, 0.5) is 4.39 Å². The summed E-state index contributed by atoms with van der Waals surface area (Å²) in [6, 6.07) is 6.09. The quantitative estimate of drug-likeness (QED) is 0.381. The van der Waals surface area contributed by atoms with Gasteiger partial charge in [0.25, 0.3) is 5.56 Å². The van der Waals surface area contributed by atoms with E-state index in [1.54, 1.807) is 19.1 Å². The van der Waals surface area contributed by atoms with Crippen LogP contribution in [0.1, 0.15) is 12.5 Å². The zero-order valence-corrected chi connectivity index (χ0v) is 18.0. The molecule has 0 fully saturated rings. The number of halogens is 3. The second-order valence-corrected chi connectivity index (χ2v) is 8.51. The van der Waals surface area contributed by atoms with E-state index in [0.29, 0.717) is 24.6 Å². The maximum atomic E-state index is 14.2. The lowest BCUT2D eigenvalue weighted by Gasteiger charge is -2.14. The fourth-order valence-corrected chi connectivity index (χ4v) is 4.51. The van der Waals surface area contributed by atoms with Crippen molar-refractivity contribution < 1.29 is 13.9 Å². The van der Waals surface area contributed by atoms with Gasteiger partial charge in [-0.25, -0.2) is 4.39 Å². The van der Waals surface area contributed by atoms with Crippen molar-refractivity contribution in [1.82, 2.24) is 9.13 Å². The van der Waals surface area contributed by atoms with E-state index in [2.05, 4.69) is 15.9 Å². The highest BCUT2D eigenvalue weighted by molar-refractivity contribution is 9.10. The molecule has 2 heterocycles. The van der Waals surface area contributed by atoms with Crippen LogP contribution < -0.4 is 5.56 Å². The lowest BCUT2D eigenvalue weighted by Crippen LogP contribution is -2.27. The Hall–Kier alpha value is -1.55. The van der Waals surface area contributed by atoms with E-state index in [0.717, 1.165) is 11.3 Å². The fraction of sp³-hybridized carbons (Fsp3) is 0.235. The van der Waals surface area contributed by atoms with Gasteiger partial charge in [-0.3, -0.25) is 18.7 Å². The van der Waals surface area contributed by atoms with Crippen LogP contribution in [0.5, 0.6) is 0 Å². The summed E-state index contributed by atoms with van der Waals surface area (Å²) in [4.78, 5) is 25.4. The summed E-state index contributed by atoms with van der Waals surface area (Å²) in [6.07, 6.45) is 0. The summed E-state index contributed by atoms with van der Waals surface area (Å²) in [6.45, 7) is 1.70. The number of carbonyl (C=O) groups excluding carboxylic acids is 1. The van der Waals surface area contributed by atoms with Crippen LogP contribution in [0.15, 0.2) is 33.5 Å². The number of fused-ring (bicyclic) bond motifs is 1. The van der Waals surface area contributed by atoms with Gasteiger partial charge in [0.1, 0.15) is 17.2 Å². The molecular formula is C17H13BrClFN2O3S2. The molecule has 0 spiro atoms. The second-order valence-electron chi connectivity index (χ2n) is 5.57. The summed E-state index contributed by atoms with van der Waals surface area (Å²) in [5.74, 6) is -0.953. The summed E-state index contributed by atoms with van der Waals surface area (Å²) >= 11 is 15.9. The third kappa shape index (κ3) is 4.16. The third-order valence-corrected chi connectivity index (χ3v) is 6.02. The minimum Gasteiger partial charge on any atom is -0.465 e. The van der Waals surface area contributed by atoms with E-state index >= 15 is 0 Å². The van der Waals surface area contributed by atoms with Gasteiger partial charge in [-0.2, -0.15) is 0 Å². The van der Waals surface area contributed by atoms with E-state index in [-0.39, 0.29) is 30.0 Å². The van der Waals surface area contributed by atoms with Crippen LogP contribution >= 0.6 is 51.1 Å². The van der Waals surface area contributed by atoms with Gasteiger partial charge >= 0.3 is 5.97 Å². The lowest BCUT2D eigenvalue weighted by atomic mass is 10.2. The zero-order chi connectivity index (χ0) is 19.7. The van der Waals surface area contributed by atoms with Crippen molar-refractivity contribution in [1.29, 1.82) is 0 Å². The molecule has 0 amide bonds. The van der Waals surface area contributed by atoms with Gasteiger partial charge in [-0.05, 0) is 37.3 Å². The van der Waals surface area contributed by atoms with Gasteiger partial charge < -0.3 is 4.74 Å². The Balaban J connectivity index is 2.19. The SMILES string of the molecule is CCOC(=O)Cn1c(=S)n(Cc2ccc(Br)cc2F)c(=O)c2cc(Cl)sc21. The van der Waals surface area contributed by atoms with Crippen molar-refractivity contribution in [3.8, 4) is 0 Å². The van der Waals surface area contributed by atoms with Gasteiger partial charge in [0, 0.05) is 10.0 Å². The van der Waals surface area contributed by atoms with Crippen molar-refractivity contribution in [2.75, 3.05) is 6.61 Å². The van der Waals surface area contributed by atoms with E-state index in [1.807, 2.05) is 0 Å². The number of hydrogen-bond acceptors (Lipinski definition) is 5. The molecule has 0 radical (unpaired) electrons. The molecule has 1 aromatic carbocycles. The molecule has 10 heteroatoms. The van der Waals surface area contributed by atoms with Gasteiger partial charge in [0.05, 0.1) is 22.9 Å². The maximum Gasteiger partial charge on any atom is 0.326 e. The normalized spacial score (nSPS) is 11.1. The molecule has 0 bridgehead atoms. The summed E-state index contributed by atoms with van der Waals surface area (Å²) < 4.78 is 23.1. The highest BCUT2D eigenvalue weighted by Gasteiger charge is 2.17. The fourth-order valence-electron chi connectivity index (χ4n) is 2.61. The van der Waals surface area contributed by atoms with Crippen LogP contribution in [-0.2, 0) is 22.6 Å². The summed E-state index contributed by atoms with van der Waals surface area (Å²) in [5, 5.41) is 0.320. The van der Waals surface area contributed by atoms with Gasteiger partial charge in [0.15, 0.2) is 4.77 Å². The highest BCUT2D eigenvalue weighted by Crippen LogP contribution is 2.28. The molecule has 142 valence electrons. The van der Waals surface area contributed by atoms with Crippen molar-refractivity contribution in [2.24, 2.45) is 0 Å². The van der Waals surface area contributed by atoms with E-state index in [4.69, 9.17) is 28.6 Å². The summed E-state index contributed by atoms with van der Waals surface area (Å²) in [7, 11) is 0. The predicted octanol–water partition coefficient (Wildman–Crippen LogP) is 4.76. The van der Waals surface area contributed by atoms with E-state index in [1.165, 1.54) is 21.3 Å². The molecule has 27 heavy (non-hydrogen) atoms. The number of carbonyl (C=O) groups is 1. The zero-order valence-electron chi connectivity index (χ0n) is 14.0. The standard InChI is InChI=1S/C17H13BrClFN2O3S2/c1-2-25-14(23)8-22-16-11(6-13(19)27-16)15(24)21(17(22)26)7-9-3-4-10(18)5-12(9)20/h3-6H,2,7-8H2,1H3. The first-order chi connectivity index (χ1) is 12.8. The first kappa shape index (κ1) is 20.2. The Kier molecular flexibility index (Phi) is 6.15. The van der Waals surface area contributed by atoms with Crippen LogP contribution in [-0.4, -0.2) is 21.7 Å². The molecule has 0 saturated heterocycles. The third-order valence-electron chi connectivity index (χ3n) is 3.80. The highest BCUT2D eigenvalue weighted by atomic mass is 79.9. The number of hydrogen-bond donors (Lipinski definition) is 0. The second kappa shape index (κ2) is 8.22. The minimum atomic E-state index is -0.487. The van der Waals surface area contributed by atoms with Crippen molar-refractivity contribution in [3.63, 3.8) is 0 Å². The molecular weight excluding hydrogens is 479 g/mol. The number of ether oxygens (including phenoxy) is 1. The molecule has 0 saturated carbocycles. The Morgan fingerprint density at radius 3 is 2.78 bits per heavy atom. The first-order valence-electron chi connectivity index (χ1n) is 7.84. The molecule has 0 atom stereocenters. The molecule has 2 aromatic heterocycles. The monoisotopic (exact) mass is 490 g/mol. The first-order valence-corrected chi connectivity index (χ1v) is 10.2. The van der Waals surface area contributed by atoms with Crippen molar-refractivity contribution in [2.45, 2.75) is 20.0 Å². The van der Waals surface area contributed by atoms with Crippen molar-refractivity contribution >= 4 is 67.3 Å². The van der Waals surface area contributed by atoms with Crippen LogP contribution in [0.2, 0.25) is 4.34 Å². The summed E-state index contributed by atoms with van der Waals surface area (Å²) in [5.41, 5.74) is -0.0876. The Bertz CT molecular complexity index is 1160. The number of nitrogens with zero attached hydrogens (tertiary/aromatic N) is 2. The molecule has 0 N–H and O–H groups in total. The van der Waals surface area contributed by atoms with Gasteiger partial charge in [-0.1, -0.05) is 33.6 Å². The average Bonchev–Trinajstić information content (AvgIpc) is 2.99. The minimum absolute atomic E-state index is 0.0665. The molecule has 0 unspecified atom stereocenters. The molecule has 0 aliphatic rings. The molecule has 5 nitrogen and oxygen atoms in total. The van der Waals surface area contributed by atoms with Gasteiger partial charge in [0.2, 0.25) is 0 Å². The van der Waals surface area contributed by atoms with E-state index in [9.17, 15) is 14.0 Å². The molecule has 0 aliphatic heterocycles. The molecule has 0 aliphatic carbocycles.